The van der Waals surface area contributed by atoms with Gasteiger partial charge in [0.25, 0.3) is 0 Å². The SMILES string of the molecule is CC1CCCC(C(NN)C2CC3CCC2C3)C1. The standard InChI is InChI=1S/C15H28N2/c1-10-3-2-4-13(7-10)15(17-16)14-9-11-5-6-12(14)8-11/h10-15,17H,2-9,16H2,1H3. The zero-order valence-corrected chi connectivity index (χ0v) is 11.2. The van der Waals surface area contributed by atoms with Crippen LogP contribution in [0.3, 0.4) is 0 Å². The lowest BCUT2D eigenvalue weighted by atomic mass is 9.71. The zero-order valence-electron chi connectivity index (χ0n) is 11.2. The van der Waals surface area contributed by atoms with Crippen molar-refractivity contribution in [2.75, 3.05) is 0 Å². The molecule has 0 radical (unpaired) electrons. The summed E-state index contributed by atoms with van der Waals surface area (Å²) in [6.07, 6.45) is 11.6. The highest BCUT2D eigenvalue weighted by atomic mass is 15.2. The van der Waals surface area contributed by atoms with Gasteiger partial charge in [-0.05, 0) is 61.7 Å². The quantitative estimate of drug-likeness (QED) is 0.584. The van der Waals surface area contributed by atoms with Crippen LogP contribution in [0.5, 0.6) is 0 Å². The lowest BCUT2D eigenvalue weighted by Crippen LogP contribution is -2.48. The number of hydrazine groups is 1. The molecular formula is C15H28N2. The van der Waals surface area contributed by atoms with E-state index < -0.39 is 0 Å². The first-order valence-corrected chi connectivity index (χ1v) is 7.74. The smallest absolute Gasteiger partial charge is 0.0269 e. The lowest BCUT2D eigenvalue weighted by molar-refractivity contribution is 0.142. The van der Waals surface area contributed by atoms with Crippen LogP contribution in [0.2, 0.25) is 0 Å². The Morgan fingerprint density at radius 3 is 2.53 bits per heavy atom. The van der Waals surface area contributed by atoms with Gasteiger partial charge in [-0.1, -0.05) is 26.2 Å². The molecule has 0 saturated heterocycles. The summed E-state index contributed by atoms with van der Waals surface area (Å²) in [6.45, 7) is 2.42. The Balaban J connectivity index is 1.66. The highest BCUT2D eigenvalue weighted by Gasteiger charge is 2.45. The third-order valence-corrected chi connectivity index (χ3v) is 5.93. The van der Waals surface area contributed by atoms with Crippen LogP contribution in [0.4, 0.5) is 0 Å². The summed E-state index contributed by atoms with van der Waals surface area (Å²) in [7, 11) is 0. The number of nitrogens with two attached hydrogens (primary N) is 1. The molecule has 0 aromatic carbocycles. The largest absolute Gasteiger partial charge is 0.271 e. The Morgan fingerprint density at radius 2 is 1.94 bits per heavy atom. The number of hydrogen-bond donors (Lipinski definition) is 2. The second kappa shape index (κ2) is 4.89. The van der Waals surface area contributed by atoms with Crippen LogP contribution in [0, 0.1) is 29.6 Å². The Hall–Kier alpha value is -0.0800. The topological polar surface area (TPSA) is 38.0 Å². The summed E-state index contributed by atoms with van der Waals surface area (Å²) in [5.74, 6) is 10.6. The maximum Gasteiger partial charge on any atom is 0.0269 e. The normalized spacial score (nSPS) is 47.3. The molecule has 3 N–H and O–H groups in total. The van der Waals surface area contributed by atoms with Crippen LogP contribution < -0.4 is 11.3 Å². The predicted octanol–water partition coefficient (Wildman–Crippen LogP) is 3.08. The van der Waals surface area contributed by atoms with Gasteiger partial charge in [-0.3, -0.25) is 11.3 Å². The molecule has 3 aliphatic rings. The van der Waals surface area contributed by atoms with E-state index in [9.17, 15) is 0 Å². The first-order valence-electron chi connectivity index (χ1n) is 7.74. The van der Waals surface area contributed by atoms with E-state index in [1.54, 1.807) is 0 Å². The van der Waals surface area contributed by atoms with E-state index in [2.05, 4.69) is 12.3 Å². The van der Waals surface area contributed by atoms with Gasteiger partial charge >= 0.3 is 0 Å². The molecule has 3 aliphatic carbocycles. The third kappa shape index (κ3) is 2.26. The minimum Gasteiger partial charge on any atom is -0.271 e. The van der Waals surface area contributed by atoms with Crippen LogP contribution >= 0.6 is 0 Å². The first-order chi connectivity index (χ1) is 8.28. The minimum atomic E-state index is 0.619. The van der Waals surface area contributed by atoms with Crippen LogP contribution in [0.25, 0.3) is 0 Å². The number of hydrogen-bond acceptors (Lipinski definition) is 2. The van der Waals surface area contributed by atoms with Crippen molar-refractivity contribution in [3.63, 3.8) is 0 Å². The summed E-state index contributed by atoms with van der Waals surface area (Å²) in [5, 5.41) is 0. The van der Waals surface area contributed by atoms with E-state index in [4.69, 9.17) is 5.84 Å². The van der Waals surface area contributed by atoms with Crippen molar-refractivity contribution in [3.8, 4) is 0 Å². The van der Waals surface area contributed by atoms with Crippen molar-refractivity contribution >= 4 is 0 Å². The van der Waals surface area contributed by atoms with Crippen molar-refractivity contribution in [1.29, 1.82) is 0 Å². The van der Waals surface area contributed by atoms with Crippen LogP contribution in [-0.2, 0) is 0 Å². The fourth-order valence-corrected chi connectivity index (χ4v) is 5.15. The van der Waals surface area contributed by atoms with Gasteiger partial charge in [-0.2, -0.15) is 0 Å². The molecule has 3 rings (SSSR count). The molecule has 0 aromatic heterocycles. The van der Waals surface area contributed by atoms with Gasteiger partial charge in [0.1, 0.15) is 0 Å². The maximum atomic E-state index is 5.91. The second-order valence-electron chi connectivity index (χ2n) is 7.06. The average Bonchev–Trinajstić information content (AvgIpc) is 2.92. The molecule has 0 amide bonds. The fraction of sp³-hybridized carbons (Fsp3) is 1.00. The highest BCUT2D eigenvalue weighted by molar-refractivity contribution is 4.97. The molecule has 0 aromatic rings. The third-order valence-electron chi connectivity index (χ3n) is 5.93. The molecule has 3 fully saturated rings. The lowest BCUT2D eigenvalue weighted by Gasteiger charge is -2.39. The van der Waals surface area contributed by atoms with Crippen LogP contribution in [-0.4, -0.2) is 6.04 Å². The predicted molar refractivity (Wildman–Crippen MR) is 71.2 cm³/mol. The zero-order chi connectivity index (χ0) is 11.8. The molecular weight excluding hydrogens is 208 g/mol. The van der Waals surface area contributed by atoms with E-state index in [1.807, 2.05) is 0 Å². The van der Waals surface area contributed by atoms with E-state index in [1.165, 1.54) is 51.4 Å². The second-order valence-corrected chi connectivity index (χ2v) is 7.06. The molecule has 98 valence electrons. The number of rotatable bonds is 3. The molecule has 17 heavy (non-hydrogen) atoms. The summed E-state index contributed by atoms with van der Waals surface area (Å²) in [5.41, 5.74) is 3.22. The molecule has 3 saturated carbocycles. The molecule has 2 bridgehead atoms. The van der Waals surface area contributed by atoms with Crippen molar-refractivity contribution in [2.24, 2.45) is 35.4 Å². The van der Waals surface area contributed by atoms with Crippen molar-refractivity contribution in [1.82, 2.24) is 5.43 Å². The molecule has 2 nitrogen and oxygen atoms in total. The van der Waals surface area contributed by atoms with Crippen molar-refractivity contribution in [2.45, 2.75) is 64.3 Å². The van der Waals surface area contributed by atoms with Crippen molar-refractivity contribution < 1.29 is 0 Å². The maximum absolute atomic E-state index is 5.91. The molecule has 6 atom stereocenters. The summed E-state index contributed by atoms with van der Waals surface area (Å²) < 4.78 is 0. The summed E-state index contributed by atoms with van der Waals surface area (Å²) in [6, 6.07) is 0.619. The van der Waals surface area contributed by atoms with Gasteiger partial charge in [0.2, 0.25) is 0 Å². The minimum absolute atomic E-state index is 0.619. The van der Waals surface area contributed by atoms with Gasteiger partial charge in [0.15, 0.2) is 0 Å². The van der Waals surface area contributed by atoms with Gasteiger partial charge < -0.3 is 0 Å². The van der Waals surface area contributed by atoms with Crippen molar-refractivity contribution in [3.05, 3.63) is 0 Å². The number of fused-ring (bicyclic) bond motifs is 2. The van der Waals surface area contributed by atoms with E-state index >= 15 is 0 Å². The van der Waals surface area contributed by atoms with Gasteiger partial charge in [0.05, 0.1) is 0 Å². The average molecular weight is 236 g/mol. The molecule has 0 aliphatic heterocycles. The first kappa shape index (κ1) is 12.0. The monoisotopic (exact) mass is 236 g/mol. The molecule has 0 spiro atoms. The summed E-state index contributed by atoms with van der Waals surface area (Å²) >= 11 is 0. The Morgan fingerprint density at radius 1 is 1.06 bits per heavy atom. The van der Waals surface area contributed by atoms with Crippen LogP contribution in [0.15, 0.2) is 0 Å². The fourth-order valence-electron chi connectivity index (χ4n) is 5.15. The Kier molecular flexibility index (Phi) is 3.45. The van der Waals surface area contributed by atoms with E-state index in [-0.39, 0.29) is 0 Å². The Bertz CT molecular complexity index is 266. The van der Waals surface area contributed by atoms with Gasteiger partial charge in [0, 0.05) is 6.04 Å². The van der Waals surface area contributed by atoms with Crippen LogP contribution in [0.1, 0.15) is 58.3 Å². The highest BCUT2D eigenvalue weighted by Crippen LogP contribution is 2.51. The van der Waals surface area contributed by atoms with Gasteiger partial charge in [-0.15, -0.1) is 0 Å². The molecule has 2 heteroatoms. The van der Waals surface area contributed by atoms with E-state index in [0.29, 0.717) is 6.04 Å². The Labute approximate surface area is 106 Å². The van der Waals surface area contributed by atoms with E-state index in [0.717, 1.165) is 29.6 Å². The molecule has 6 unspecified atom stereocenters. The molecule has 0 heterocycles. The number of nitrogens with one attached hydrogen (secondary N) is 1. The van der Waals surface area contributed by atoms with Gasteiger partial charge in [-0.25, -0.2) is 0 Å². The summed E-state index contributed by atoms with van der Waals surface area (Å²) in [4.78, 5) is 0.